The predicted octanol–water partition coefficient (Wildman–Crippen LogP) is 1.14. The molecule has 0 unspecified atom stereocenters. The third kappa shape index (κ3) is 4.76. The fourth-order valence-corrected chi connectivity index (χ4v) is 5.62. The van der Waals surface area contributed by atoms with Crippen LogP contribution < -0.4 is 19.1 Å². The first-order valence-electron chi connectivity index (χ1n) is 11.9. The molecule has 0 aliphatic carbocycles. The van der Waals surface area contributed by atoms with E-state index in [9.17, 15) is 23.1 Å². The number of carbonyl (C=O) groups is 2. The molecule has 0 bridgehead atoms. The van der Waals surface area contributed by atoms with E-state index >= 15 is 0 Å². The number of hydrogen-bond donors (Lipinski definition) is 2. The van der Waals surface area contributed by atoms with Crippen LogP contribution in [0.15, 0.2) is 47.4 Å². The summed E-state index contributed by atoms with van der Waals surface area (Å²) in [5, 5.41) is 10.4. The molecule has 1 saturated heterocycles. The van der Waals surface area contributed by atoms with Crippen LogP contribution in [0.4, 0.5) is 5.82 Å². The number of carbonyl (C=O) groups excluding carboxylic acids is 2. The van der Waals surface area contributed by atoms with Gasteiger partial charge in [0.15, 0.2) is 5.75 Å². The third-order valence-corrected chi connectivity index (χ3v) is 7.91. The number of β-amino-alcohol motifs (C(OH)–C–C–N with tert-alkyl or cyclic N) is 1. The monoisotopic (exact) mass is 526 g/mol. The highest BCUT2D eigenvalue weighted by Crippen LogP contribution is 2.45. The first kappa shape index (κ1) is 25.1. The Morgan fingerprint density at radius 2 is 1.70 bits per heavy atom. The van der Waals surface area contributed by atoms with Gasteiger partial charge in [-0.15, -0.1) is 0 Å². The van der Waals surface area contributed by atoms with E-state index in [0.717, 1.165) is 13.1 Å². The molecule has 0 atom stereocenters. The number of ether oxygens (including phenoxy) is 2. The molecule has 11 nitrogen and oxygen atoms in total. The minimum absolute atomic E-state index is 0.0754. The number of nitrogens with one attached hydrogen (secondary N) is 1. The van der Waals surface area contributed by atoms with Gasteiger partial charge in [0.25, 0.3) is 0 Å². The standard InChI is InChI=1S/C25H26N4O7S/c1-2-26-37(33,34)17-8-6-16(7-9-17)21-22-20-18(4-3-5-19(20)35-24(31)25(32)36-22)23(27-21)29-12-10-28(11-13-29)14-15-30/h3-9,26,30H,2,10-15H2,1H3. The summed E-state index contributed by atoms with van der Waals surface area (Å²) in [5.74, 6) is -1.43. The molecule has 194 valence electrons. The zero-order valence-electron chi connectivity index (χ0n) is 20.1. The Morgan fingerprint density at radius 1 is 1.00 bits per heavy atom. The third-order valence-electron chi connectivity index (χ3n) is 6.35. The fourth-order valence-electron chi connectivity index (χ4n) is 4.57. The molecule has 1 aromatic heterocycles. The van der Waals surface area contributed by atoms with Crippen molar-refractivity contribution in [2.24, 2.45) is 0 Å². The highest BCUT2D eigenvalue weighted by Gasteiger charge is 2.32. The summed E-state index contributed by atoms with van der Waals surface area (Å²) in [6.45, 7) is 5.35. The molecular weight excluding hydrogens is 500 g/mol. The van der Waals surface area contributed by atoms with Crippen LogP contribution in [0.25, 0.3) is 22.0 Å². The second-order valence-corrected chi connectivity index (χ2v) is 10.4. The van der Waals surface area contributed by atoms with E-state index in [-0.39, 0.29) is 35.2 Å². The fraction of sp³-hybridized carbons (Fsp3) is 0.320. The average Bonchev–Trinajstić information content (AvgIpc) is 3.02. The molecule has 3 aromatic rings. The van der Waals surface area contributed by atoms with Crippen LogP contribution in [0.5, 0.6) is 11.5 Å². The van der Waals surface area contributed by atoms with Gasteiger partial charge >= 0.3 is 11.9 Å². The summed E-state index contributed by atoms with van der Waals surface area (Å²) in [6.07, 6.45) is 0. The van der Waals surface area contributed by atoms with Gasteiger partial charge in [-0.3, -0.25) is 4.90 Å². The predicted molar refractivity (Wildman–Crippen MR) is 135 cm³/mol. The van der Waals surface area contributed by atoms with Gasteiger partial charge < -0.3 is 19.5 Å². The maximum absolute atomic E-state index is 12.4. The van der Waals surface area contributed by atoms with E-state index in [4.69, 9.17) is 14.5 Å². The number of benzene rings is 2. The Labute approximate surface area is 213 Å². The molecule has 5 rings (SSSR count). The number of aromatic nitrogens is 1. The maximum atomic E-state index is 12.4. The van der Waals surface area contributed by atoms with Crippen molar-refractivity contribution in [2.75, 3.05) is 50.8 Å². The molecule has 0 amide bonds. The largest absolute Gasteiger partial charge is 0.423 e. The number of hydrogen-bond acceptors (Lipinski definition) is 10. The molecule has 2 aliphatic rings. The highest BCUT2D eigenvalue weighted by atomic mass is 32.2. The molecule has 0 spiro atoms. The number of pyridine rings is 1. The smallest absolute Gasteiger partial charge is 0.417 e. The van der Waals surface area contributed by atoms with Crippen molar-refractivity contribution in [3.05, 3.63) is 42.5 Å². The number of aliphatic hydroxyl groups is 1. The van der Waals surface area contributed by atoms with Crippen LogP contribution in [-0.4, -0.2) is 81.2 Å². The number of nitrogens with zero attached hydrogens (tertiary/aromatic N) is 3. The summed E-state index contributed by atoms with van der Waals surface area (Å²) in [4.78, 5) is 33.9. The Balaban J connectivity index is 1.67. The average molecular weight is 527 g/mol. The van der Waals surface area contributed by atoms with Gasteiger partial charge in [-0.05, 0) is 18.2 Å². The summed E-state index contributed by atoms with van der Waals surface area (Å²) >= 11 is 0. The molecule has 1 fully saturated rings. The number of anilines is 1. The number of rotatable bonds is 7. The summed E-state index contributed by atoms with van der Waals surface area (Å²) in [5.41, 5.74) is 0.788. The molecule has 37 heavy (non-hydrogen) atoms. The first-order valence-corrected chi connectivity index (χ1v) is 13.4. The van der Waals surface area contributed by atoms with E-state index in [1.54, 1.807) is 31.2 Å². The lowest BCUT2D eigenvalue weighted by Crippen LogP contribution is -2.47. The molecule has 0 radical (unpaired) electrons. The Bertz CT molecular complexity index is 1470. The van der Waals surface area contributed by atoms with Crippen molar-refractivity contribution in [2.45, 2.75) is 11.8 Å². The lowest BCUT2D eigenvalue weighted by molar-refractivity contribution is -0.155. The first-order chi connectivity index (χ1) is 17.8. The lowest BCUT2D eigenvalue weighted by Gasteiger charge is -2.36. The molecular formula is C25H26N4O7S. The van der Waals surface area contributed by atoms with Crippen LogP contribution in [0, 0.1) is 0 Å². The Hall–Kier alpha value is -3.58. The second kappa shape index (κ2) is 10.1. The van der Waals surface area contributed by atoms with Crippen molar-refractivity contribution in [3.8, 4) is 22.8 Å². The molecule has 2 aliphatic heterocycles. The van der Waals surface area contributed by atoms with Gasteiger partial charge in [0.1, 0.15) is 17.3 Å². The molecule has 0 saturated carbocycles. The quantitative estimate of drug-likeness (QED) is 0.262. The number of aliphatic hydroxyl groups excluding tert-OH is 1. The number of esters is 2. The van der Waals surface area contributed by atoms with E-state index in [2.05, 4.69) is 14.5 Å². The van der Waals surface area contributed by atoms with Crippen molar-refractivity contribution in [3.63, 3.8) is 0 Å². The van der Waals surface area contributed by atoms with Gasteiger partial charge in [0.2, 0.25) is 10.0 Å². The summed E-state index contributed by atoms with van der Waals surface area (Å²) < 4.78 is 38.1. The van der Waals surface area contributed by atoms with Crippen LogP contribution in [0.1, 0.15) is 6.92 Å². The Morgan fingerprint density at radius 3 is 2.38 bits per heavy atom. The lowest BCUT2D eigenvalue weighted by atomic mass is 10.0. The van der Waals surface area contributed by atoms with Crippen LogP contribution in [0.3, 0.4) is 0 Å². The molecule has 12 heteroatoms. The normalized spacial score (nSPS) is 16.4. The highest BCUT2D eigenvalue weighted by molar-refractivity contribution is 7.89. The molecule has 3 heterocycles. The van der Waals surface area contributed by atoms with Crippen molar-refractivity contribution in [1.82, 2.24) is 14.6 Å². The van der Waals surface area contributed by atoms with Crippen LogP contribution in [0.2, 0.25) is 0 Å². The zero-order valence-corrected chi connectivity index (χ0v) is 21.0. The topological polar surface area (TPSA) is 138 Å². The van der Waals surface area contributed by atoms with Gasteiger partial charge in [-0.2, -0.15) is 0 Å². The van der Waals surface area contributed by atoms with E-state index in [1.807, 2.05) is 6.07 Å². The Kier molecular flexibility index (Phi) is 6.82. The van der Waals surface area contributed by atoms with E-state index < -0.39 is 22.0 Å². The maximum Gasteiger partial charge on any atom is 0.423 e. The van der Waals surface area contributed by atoms with E-state index in [0.29, 0.717) is 41.8 Å². The zero-order chi connectivity index (χ0) is 26.2. The summed E-state index contributed by atoms with van der Waals surface area (Å²) in [6, 6.07) is 11.2. The van der Waals surface area contributed by atoms with Crippen LogP contribution >= 0.6 is 0 Å². The van der Waals surface area contributed by atoms with Gasteiger partial charge in [-0.1, -0.05) is 31.2 Å². The molecule has 2 N–H and O–H groups in total. The van der Waals surface area contributed by atoms with Gasteiger partial charge in [0.05, 0.1) is 16.9 Å². The van der Waals surface area contributed by atoms with Crippen LogP contribution in [-0.2, 0) is 19.6 Å². The molecule has 2 aromatic carbocycles. The minimum Gasteiger partial charge on any atom is -0.417 e. The minimum atomic E-state index is -3.66. The second-order valence-electron chi connectivity index (χ2n) is 8.65. The van der Waals surface area contributed by atoms with E-state index in [1.165, 1.54) is 12.1 Å². The number of piperazine rings is 1. The van der Waals surface area contributed by atoms with Crippen molar-refractivity contribution < 1.29 is 32.6 Å². The van der Waals surface area contributed by atoms with Gasteiger partial charge in [-0.25, -0.2) is 27.7 Å². The number of sulfonamides is 1. The summed E-state index contributed by atoms with van der Waals surface area (Å²) in [7, 11) is -3.66. The van der Waals surface area contributed by atoms with Crippen molar-refractivity contribution >= 4 is 38.6 Å². The van der Waals surface area contributed by atoms with Gasteiger partial charge in [0, 0.05) is 50.2 Å². The van der Waals surface area contributed by atoms with Crippen molar-refractivity contribution in [1.29, 1.82) is 0 Å². The SMILES string of the molecule is CCNS(=O)(=O)c1ccc(-c2nc(N3CCN(CCO)CC3)c3cccc4c3c2OC(=O)C(=O)O4)cc1.